The van der Waals surface area contributed by atoms with Gasteiger partial charge in [0, 0.05) is 31.9 Å². The van der Waals surface area contributed by atoms with Crippen molar-refractivity contribution >= 4 is 17.5 Å². The summed E-state index contributed by atoms with van der Waals surface area (Å²) in [6.45, 7) is 6.81. The predicted molar refractivity (Wildman–Crippen MR) is 114 cm³/mol. The van der Waals surface area contributed by atoms with Gasteiger partial charge in [-0.2, -0.15) is 0 Å². The SMILES string of the molecule is CN1CCN(C(=O)C(C)(C)C(=O)Nc2ccc(OCc3ccccc3)cc2)CC1. The molecule has 1 saturated heterocycles. The fraction of sp³-hybridized carbons (Fsp3) is 0.391. The third kappa shape index (κ3) is 5.35. The molecule has 29 heavy (non-hydrogen) atoms. The van der Waals surface area contributed by atoms with E-state index in [0.717, 1.165) is 24.4 Å². The molecule has 0 aromatic heterocycles. The summed E-state index contributed by atoms with van der Waals surface area (Å²) in [6, 6.07) is 17.1. The van der Waals surface area contributed by atoms with Gasteiger partial charge in [-0.05, 0) is 50.7 Å². The van der Waals surface area contributed by atoms with Gasteiger partial charge in [-0.1, -0.05) is 30.3 Å². The van der Waals surface area contributed by atoms with Crippen LogP contribution in [0.4, 0.5) is 5.69 Å². The zero-order chi connectivity index (χ0) is 20.9. The summed E-state index contributed by atoms with van der Waals surface area (Å²) in [7, 11) is 2.03. The van der Waals surface area contributed by atoms with Crippen molar-refractivity contribution in [3.63, 3.8) is 0 Å². The van der Waals surface area contributed by atoms with Crippen LogP contribution in [-0.4, -0.2) is 54.8 Å². The number of nitrogens with one attached hydrogen (secondary N) is 1. The molecule has 1 fully saturated rings. The van der Waals surface area contributed by atoms with E-state index < -0.39 is 5.41 Å². The van der Waals surface area contributed by atoms with Crippen molar-refractivity contribution in [1.29, 1.82) is 0 Å². The van der Waals surface area contributed by atoms with E-state index in [1.807, 2.05) is 49.5 Å². The minimum absolute atomic E-state index is 0.133. The van der Waals surface area contributed by atoms with Crippen molar-refractivity contribution in [2.24, 2.45) is 5.41 Å². The molecule has 1 aliphatic rings. The van der Waals surface area contributed by atoms with Gasteiger partial charge >= 0.3 is 0 Å². The highest BCUT2D eigenvalue weighted by Crippen LogP contribution is 2.24. The summed E-state index contributed by atoms with van der Waals surface area (Å²) in [5, 5.41) is 2.86. The number of hydrogen-bond acceptors (Lipinski definition) is 4. The van der Waals surface area contributed by atoms with Gasteiger partial charge in [-0.25, -0.2) is 0 Å². The molecule has 154 valence electrons. The van der Waals surface area contributed by atoms with E-state index in [0.29, 0.717) is 25.4 Å². The number of piperazine rings is 1. The molecule has 0 atom stereocenters. The number of carbonyl (C=O) groups is 2. The molecule has 0 saturated carbocycles. The van der Waals surface area contributed by atoms with Crippen LogP contribution >= 0.6 is 0 Å². The van der Waals surface area contributed by atoms with Crippen molar-refractivity contribution in [1.82, 2.24) is 9.80 Å². The zero-order valence-corrected chi connectivity index (χ0v) is 17.4. The van der Waals surface area contributed by atoms with Gasteiger partial charge in [-0.15, -0.1) is 0 Å². The fourth-order valence-corrected chi connectivity index (χ4v) is 3.16. The lowest BCUT2D eigenvalue weighted by Gasteiger charge is -2.36. The summed E-state index contributed by atoms with van der Waals surface area (Å²) in [5.41, 5.74) is 0.605. The molecule has 0 unspecified atom stereocenters. The Bertz CT molecular complexity index is 826. The number of ether oxygens (including phenoxy) is 1. The molecule has 2 aromatic carbocycles. The minimum atomic E-state index is -1.13. The van der Waals surface area contributed by atoms with Crippen molar-refractivity contribution < 1.29 is 14.3 Å². The van der Waals surface area contributed by atoms with Crippen LogP contribution in [0.15, 0.2) is 54.6 Å². The van der Waals surface area contributed by atoms with Crippen LogP contribution in [0, 0.1) is 5.41 Å². The third-order valence-electron chi connectivity index (χ3n) is 5.25. The van der Waals surface area contributed by atoms with Crippen molar-refractivity contribution in [2.75, 3.05) is 38.5 Å². The second kappa shape index (κ2) is 9.09. The van der Waals surface area contributed by atoms with E-state index in [-0.39, 0.29) is 11.8 Å². The minimum Gasteiger partial charge on any atom is -0.489 e. The number of likely N-dealkylation sites (N-methyl/N-ethyl adjacent to an activating group) is 1. The van der Waals surface area contributed by atoms with Crippen LogP contribution in [0.25, 0.3) is 0 Å². The molecule has 6 nitrogen and oxygen atoms in total. The lowest BCUT2D eigenvalue weighted by atomic mass is 9.89. The normalized spacial score (nSPS) is 15.1. The largest absolute Gasteiger partial charge is 0.489 e. The number of anilines is 1. The predicted octanol–water partition coefficient (Wildman–Crippen LogP) is 3.00. The lowest BCUT2D eigenvalue weighted by molar-refractivity contribution is -0.147. The third-order valence-corrected chi connectivity index (χ3v) is 5.25. The van der Waals surface area contributed by atoms with Crippen LogP contribution < -0.4 is 10.1 Å². The van der Waals surface area contributed by atoms with E-state index in [2.05, 4.69) is 10.2 Å². The molecule has 0 aliphatic carbocycles. The first-order valence-electron chi connectivity index (χ1n) is 9.92. The van der Waals surface area contributed by atoms with Crippen LogP contribution in [0.1, 0.15) is 19.4 Å². The van der Waals surface area contributed by atoms with Crippen LogP contribution in [0.2, 0.25) is 0 Å². The standard InChI is InChI=1S/C23H29N3O3/c1-23(2,22(28)26-15-13-25(3)14-16-26)21(27)24-19-9-11-20(12-10-19)29-17-18-7-5-4-6-8-18/h4-12H,13-17H2,1-3H3,(H,24,27). The van der Waals surface area contributed by atoms with Gasteiger partial charge in [0.2, 0.25) is 11.8 Å². The van der Waals surface area contributed by atoms with E-state index in [9.17, 15) is 9.59 Å². The first-order chi connectivity index (χ1) is 13.9. The average Bonchev–Trinajstić information content (AvgIpc) is 2.74. The van der Waals surface area contributed by atoms with E-state index in [1.54, 1.807) is 30.9 Å². The maximum atomic E-state index is 12.9. The zero-order valence-electron chi connectivity index (χ0n) is 17.4. The topological polar surface area (TPSA) is 61.9 Å². The quantitative estimate of drug-likeness (QED) is 0.764. The van der Waals surface area contributed by atoms with Gasteiger partial charge in [0.25, 0.3) is 0 Å². The summed E-state index contributed by atoms with van der Waals surface area (Å²) >= 11 is 0. The number of hydrogen-bond donors (Lipinski definition) is 1. The van der Waals surface area contributed by atoms with Gasteiger partial charge in [0.1, 0.15) is 17.8 Å². The molecular weight excluding hydrogens is 366 g/mol. The average molecular weight is 396 g/mol. The molecule has 3 rings (SSSR count). The summed E-state index contributed by atoms with van der Waals surface area (Å²) in [5.74, 6) is 0.282. The Labute approximate surface area is 172 Å². The first kappa shape index (κ1) is 20.9. The van der Waals surface area contributed by atoms with Crippen LogP contribution in [0.3, 0.4) is 0 Å². The number of rotatable bonds is 6. The number of carbonyl (C=O) groups excluding carboxylic acids is 2. The van der Waals surface area contributed by atoms with Crippen molar-refractivity contribution in [3.8, 4) is 5.75 Å². The van der Waals surface area contributed by atoms with Gasteiger partial charge in [-0.3, -0.25) is 9.59 Å². The number of amides is 2. The smallest absolute Gasteiger partial charge is 0.239 e. The highest BCUT2D eigenvalue weighted by atomic mass is 16.5. The molecule has 0 spiro atoms. The van der Waals surface area contributed by atoms with Crippen LogP contribution in [-0.2, 0) is 16.2 Å². The Morgan fingerprint density at radius 1 is 0.966 bits per heavy atom. The Balaban J connectivity index is 1.55. The van der Waals surface area contributed by atoms with E-state index in [4.69, 9.17) is 4.74 Å². The second-order valence-corrected chi connectivity index (χ2v) is 7.97. The van der Waals surface area contributed by atoms with Gasteiger partial charge < -0.3 is 19.9 Å². The molecule has 0 radical (unpaired) electrons. The lowest BCUT2D eigenvalue weighted by Crippen LogP contribution is -2.53. The molecule has 1 aliphatic heterocycles. The van der Waals surface area contributed by atoms with Crippen molar-refractivity contribution in [3.05, 3.63) is 60.2 Å². The first-order valence-corrected chi connectivity index (χ1v) is 9.92. The number of nitrogens with zero attached hydrogens (tertiary/aromatic N) is 2. The van der Waals surface area contributed by atoms with E-state index >= 15 is 0 Å². The molecule has 6 heteroatoms. The fourth-order valence-electron chi connectivity index (χ4n) is 3.16. The summed E-state index contributed by atoms with van der Waals surface area (Å²) < 4.78 is 5.77. The Morgan fingerprint density at radius 3 is 2.21 bits per heavy atom. The molecule has 1 heterocycles. The maximum absolute atomic E-state index is 12.9. The summed E-state index contributed by atoms with van der Waals surface area (Å²) in [4.78, 5) is 29.6. The maximum Gasteiger partial charge on any atom is 0.239 e. The Morgan fingerprint density at radius 2 is 1.59 bits per heavy atom. The second-order valence-electron chi connectivity index (χ2n) is 7.97. The molecule has 2 aromatic rings. The van der Waals surface area contributed by atoms with Crippen molar-refractivity contribution in [2.45, 2.75) is 20.5 Å². The highest BCUT2D eigenvalue weighted by molar-refractivity contribution is 6.09. The monoisotopic (exact) mass is 395 g/mol. The van der Waals surface area contributed by atoms with Crippen LogP contribution in [0.5, 0.6) is 5.75 Å². The number of benzene rings is 2. The summed E-state index contributed by atoms with van der Waals surface area (Å²) in [6.07, 6.45) is 0. The molecule has 1 N–H and O–H groups in total. The molecule has 2 amide bonds. The van der Waals surface area contributed by atoms with E-state index in [1.165, 1.54) is 0 Å². The molecular formula is C23H29N3O3. The molecule has 0 bridgehead atoms. The van der Waals surface area contributed by atoms with Gasteiger partial charge in [0.05, 0.1) is 0 Å². The Kier molecular flexibility index (Phi) is 6.54. The highest BCUT2D eigenvalue weighted by Gasteiger charge is 2.39. The van der Waals surface area contributed by atoms with Gasteiger partial charge in [0.15, 0.2) is 0 Å². The Hall–Kier alpha value is -2.86.